The van der Waals surface area contributed by atoms with E-state index in [0.717, 1.165) is 12.5 Å². The number of carbonyl (C=O) groups is 1. The van der Waals surface area contributed by atoms with Gasteiger partial charge < -0.3 is 16.0 Å². The van der Waals surface area contributed by atoms with E-state index in [-0.39, 0.29) is 5.91 Å². The molecule has 3 N–H and O–H groups in total. The Morgan fingerprint density at radius 1 is 0.962 bits per heavy atom. The second-order valence-corrected chi connectivity index (χ2v) is 6.31. The molecule has 138 valence electrons. The Hall–Kier alpha value is -2.82. The summed E-state index contributed by atoms with van der Waals surface area (Å²) in [5.74, 6) is 1.05. The number of benzene rings is 2. The quantitative estimate of drug-likeness (QED) is 0.408. The van der Waals surface area contributed by atoms with Crippen molar-refractivity contribution in [1.29, 1.82) is 0 Å². The average molecular weight is 352 g/mol. The van der Waals surface area contributed by atoms with Crippen LogP contribution in [0.25, 0.3) is 0 Å². The maximum absolute atomic E-state index is 12.0. The Bertz CT molecular complexity index is 711. The van der Waals surface area contributed by atoms with Crippen LogP contribution in [-0.4, -0.2) is 38.5 Å². The molecule has 0 aliphatic rings. The number of amides is 1. The number of hydrogen-bond acceptors (Lipinski definition) is 2. The fourth-order valence-corrected chi connectivity index (χ4v) is 2.53. The highest BCUT2D eigenvalue weighted by Gasteiger charge is 2.07. The van der Waals surface area contributed by atoms with E-state index in [0.29, 0.717) is 24.6 Å². The van der Waals surface area contributed by atoms with Gasteiger partial charge in [0.2, 0.25) is 0 Å². The van der Waals surface area contributed by atoms with Gasteiger partial charge in [0.05, 0.1) is 0 Å². The fourth-order valence-electron chi connectivity index (χ4n) is 2.53. The largest absolute Gasteiger partial charge is 0.356 e. The lowest BCUT2D eigenvalue weighted by molar-refractivity contribution is 0.0954. The van der Waals surface area contributed by atoms with Gasteiger partial charge in [-0.3, -0.25) is 9.79 Å². The summed E-state index contributed by atoms with van der Waals surface area (Å²) in [6.07, 6.45) is 0. The predicted octanol–water partition coefficient (Wildman–Crippen LogP) is 2.69. The SMILES string of the molecule is CN=C(NCCNC(=O)c1ccccc1)NCC(C)c1ccc(C)cc1. The van der Waals surface area contributed by atoms with E-state index in [1.54, 1.807) is 19.2 Å². The Kier molecular flexibility index (Phi) is 7.68. The third-order valence-electron chi connectivity index (χ3n) is 4.18. The van der Waals surface area contributed by atoms with Crippen molar-refractivity contribution < 1.29 is 4.79 Å². The van der Waals surface area contributed by atoms with Gasteiger partial charge in [0.15, 0.2) is 5.96 Å². The summed E-state index contributed by atoms with van der Waals surface area (Å²) in [5.41, 5.74) is 3.24. The van der Waals surface area contributed by atoms with Crippen molar-refractivity contribution >= 4 is 11.9 Å². The second kappa shape index (κ2) is 10.2. The topological polar surface area (TPSA) is 65.5 Å². The smallest absolute Gasteiger partial charge is 0.251 e. The van der Waals surface area contributed by atoms with Crippen LogP contribution in [0.2, 0.25) is 0 Å². The van der Waals surface area contributed by atoms with Crippen LogP contribution in [-0.2, 0) is 0 Å². The standard InChI is InChI=1S/C21H28N4O/c1-16-9-11-18(12-10-16)17(2)15-25-21(22-3)24-14-13-23-20(26)19-7-5-4-6-8-19/h4-12,17H,13-15H2,1-3H3,(H,23,26)(H2,22,24,25). The molecule has 0 saturated heterocycles. The predicted molar refractivity (Wildman–Crippen MR) is 108 cm³/mol. The van der Waals surface area contributed by atoms with E-state index in [4.69, 9.17) is 0 Å². The molecule has 5 nitrogen and oxygen atoms in total. The van der Waals surface area contributed by atoms with E-state index < -0.39 is 0 Å². The first-order valence-corrected chi connectivity index (χ1v) is 8.94. The van der Waals surface area contributed by atoms with E-state index in [1.165, 1.54) is 11.1 Å². The van der Waals surface area contributed by atoms with Gasteiger partial charge >= 0.3 is 0 Å². The van der Waals surface area contributed by atoms with Crippen molar-refractivity contribution in [3.05, 3.63) is 71.3 Å². The molecule has 0 fully saturated rings. The normalized spacial score (nSPS) is 12.3. The van der Waals surface area contributed by atoms with Crippen LogP contribution in [0.1, 0.15) is 34.3 Å². The highest BCUT2D eigenvalue weighted by atomic mass is 16.1. The summed E-state index contributed by atoms with van der Waals surface area (Å²) in [6, 6.07) is 17.8. The number of aryl methyl sites for hydroxylation is 1. The maximum Gasteiger partial charge on any atom is 0.251 e. The molecule has 1 amide bonds. The first-order chi connectivity index (χ1) is 12.6. The first kappa shape index (κ1) is 19.5. The minimum atomic E-state index is -0.0664. The molecule has 2 rings (SSSR count). The zero-order chi connectivity index (χ0) is 18.8. The minimum absolute atomic E-state index is 0.0664. The summed E-state index contributed by atoms with van der Waals surface area (Å²) in [6.45, 7) is 6.21. The second-order valence-electron chi connectivity index (χ2n) is 6.31. The minimum Gasteiger partial charge on any atom is -0.356 e. The van der Waals surface area contributed by atoms with Gasteiger partial charge in [0.1, 0.15) is 0 Å². The first-order valence-electron chi connectivity index (χ1n) is 8.94. The number of nitrogens with zero attached hydrogens (tertiary/aromatic N) is 1. The van der Waals surface area contributed by atoms with Gasteiger partial charge in [-0.25, -0.2) is 0 Å². The number of rotatable bonds is 7. The highest BCUT2D eigenvalue weighted by Crippen LogP contribution is 2.14. The lowest BCUT2D eigenvalue weighted by Crippen LogP contribution is -2.42. The van der Waals surface area contributed by atoms with Crippen molar-refractivity contribution in [2.45, 2.75) is 19.8 Å². The van der Waals surface area contributed by atoms with E-state index >= 15 is 0 Å². The molecule has 0 heterocycles. The van der Waals surface area contributed by atoms with Gasteiger partial charge in [0.25, 0.3) is 5.91 Å². The van der Waals surface area contributed by atoms with Gasteiger partial charge in [-0.1, -0.05) is 55.0 Å². The Labute approximate surface area is 155 Å². The molecule has 0 spiro atoms. The monoisotopic (exact) mass is 352 g/mol. The van der Waals surface area contributed by atoms with Crippen LogP contribution in [0.15, 0.2) is 59.6 Å². The molecule has 0 aliphatic heterocycles. The summed E-state index contributed by atoms with van der Waals surface area (Å²) < 4.78 is 0. The number of guanidine groups is 1. The molecule has 0 aliphatic carbocycles. The molecular weight excluding hydrogens is 324 g/mol. The number of aliphatic imine (C=N–C) groups is 1. The lowest BCUT2D eigenvalue weighted by atomic mass is 10.0. The summed E-state index contributed by atoms with van der Waals surface area (Å²) in [5, 5.41) is 9.43. The maximum atomic E-state index is 12.0. The van der Waals surface area contributed by atoms with Crippen LogP contribution in [0, 0.1) is 6.92 Å². The summed E-state index contributed by atoms with van der Waals surface area (Å²) >= 11 is 0. The third-order valence-corrected chi connectivity index (χ3v) is 4.18. The van der Waals surface area contributed by atoms with Gasteiger partial charge in [0, 0.05) is 32.2 Å². The zero-order valence-corrected chi connectivity index (χ0v) is 15.8. The molecule has 1 atom stereocenters. The van der Waals surface area contributed by atoms with Gasteiger partial charge in [-0.2, -0.15) is 0 Å². The third kappa shape index (κ3) is 6.24. The Morgan fingerprint density at radius 3 is 2.27 bits per heavy atom. The molecule has 2 aromatic carbocycles. The van der Waals surface area contributed by atoms with Crippen molar-refractivity contribution in [2.75, 3.05) is 26.7 Å². The lowest BCUT2D eigenvalue weighted by Gasteiger charge is -2.16. The van der Waals surface area contributed by atoms with Crippen molar-refractivity contribution in [2.24, 2.45) is 4.99 Å². The van der Waals surface area contributed by atoms with Crippen LogP contribution in [0.5, 0.6) is 0 Å². The van der Waals surface area contributed by atoms with Crippen LogP contribution in [0.3, 0.4) is 0 Å². The number of hydrogen-bond donors (Lipinski definition) is 3. The van der Waals surface area contributed by atoms with E-state index in [2.05, 4.69) is 59.1 Å². The van der Waals surface area contributed by atoms with Crippen molar-refractivity contribution in [3.63, 3.8) is 0 Å². The highest BCUT2D eigenvalue weighted by molar-refractivity contribution is 5.94. The molecule has 0 bridgehead atoms. The van der Waals surface area contributed by atoms with Gasteiger partial charge in [-0.15, -0.1) is 0 Å². The zero-order valence-electron chi connectivity index (χ0n) is 15.8. The summed E-state index contributed by atoms with van der Waals surface area (Å²) in [4.78, 5) is 16.2. The number of carbonyl (C=O) groups excluding carboxylic acids is 1. The molecule has 26 heavy (non-hydrogen) atoms. The Balaban J connectivity index is 1.69. The molecule has 5 heteroatoms. The molecule has 0 aromatic heterocycles. The van der Waals surface area contributed by atoms with Crippen LogP contribution in [0.4, 0.5) is 0 Å². The molecule has 1 unspecified atom stereocenters. The van der Waals surface area contributed by atoms with Crippen molar-refractivity contribution in [1.82, 2.24) is 16.0 Å². The Morgan fingerprint density at radius 2 is 1.62 bits per heavy atom. The molecule has 0 radical (unpaired) electrons. The fraction of sp³-hybridized carbons (Fsp3) is 0.333. The van der Waals surface area contributed by atoms with Crippen LogP contribution >= 0.6 is 0 Å². The van der Waals surface area contributed by atoms with E-state index in [1.807, 2.05) is 18.2 Å². The molecule has 0 saturated carbocycles. The average Bonchev–Trinajstić information content (AvgIpc) is 2.68. The van der Waals surface area contributed by atoms with E-state index in [9.17, 15) is 4.79 Å². The molecule has 2 aromatic rings. The van der Waals surface area contributed by atoms with Gasteiger partial charge in [-0.05, 0) is 30.5 Å². The summed E-state index contributed by atoms with van der Waals surface area (Å²) in [7, 11) is 1.74. The molecular formula is C21H28N4O. The number of nitrogens with one attached hydrogen (secondary N) is 3. The van der Waals surface area contributed by atoms with Crippen molar-refractivity contribution in [3.8, 4) is 0 Å². The van der Waals surface area contributed by atoms with Crippen LogP contribution < -0.4 is 16.0 Å².